The topological polar surface area (TPSA) is 12.0 Å². The maximum absolute atomic E-state index is 3.66. The maximum Gasteiger partial charge on any atom is 0.0181 e. The minimum Gasteiger partial charge on any atom is -0.311 e. The minimum absolute atomic E-state index is 0.540. The molecule has 1 aliphatic carbocycles. The SMILES string of the molecule is CC1(C2CC2)CCCCN1. The van der Waals surface area contributed by atoms with Crippen LogP contribution < -0.4 is 5.32 Å². The molecule has 1 aliphatic heterocycles. The van der Waals surface area contributed by atoms with Crippen molar-refractivity contribution in [2.75, 3.05) is 6.54 Å². The highest BCUT2D eigenvalue weighted by Crippen LogP contribution is 2.43. The summed E-state index contributed by atoms with van der Waals surface area (Å²) in [6, 6.07) is 0. The Hall–Kier alpha value is -0.0400. The molecule has 1 saturated heterocycles. The molecule has 1 N–H and O–H groups in total. The summed E-state index contributed by atoms with van der Waals surface area (Å²) in [4.78, 5) is 0. The summed E-state index contributed by atoms with van der Waals surface area (Å²) in [6.45, 7) is 3.66. The highest BCUT2D eigenvalue weighted by Gasteiger charge is 2.41. The second-order valence-corrected chi connectivity index (χ2v) is 4.08. The maximum atomic E-state index is 3.66. The smallest absolute Gasteiger partial charge is 0.0181 e. The fraction of sp³-hybridized carbons (Fsp3) is 1.00. The summed E-state index contributed by atoms with van der Waals surface area (Å²) < 4.78 is 0. The molecule has 0 amide bonds. The van der Waals surface area contributed by atoms with Gasteiger partial charge in [-0.2, -0.15) is 0 Å². The molecule has 0 spiro atoms. The van der Waals surface area contributed by atoms with Gasteiger partial charge in [-0.3, -0.25) is 0 Å². The zero-order valence-corrected chi connectivity index (χ0v) is 6.82. The summed E-state index contributed by atoms with van der Waals surface area (Å²) in [5.74, 6) is 1.02. The molecular formula is C9H17N. The summed E-state index contributed by atoms with van der Waals surface area (Å²) >= 11 is 0. The van der Waals surface area contributed by atoms with E-state index in [0.717, 1.165) is 5.92 Å². The van der Waals surface area contributed by atoms with Crippen molar-refractivity contribution in [2.45, 2.75) is 44.6 Å². The average molecular weight is 139 g/mol. The third-order valence-corrected chi connectivity index (χ3v) is 3.13. The third kappa shape index (κ3) is 1.07. The van der Waals surface area contributed by atoms with E-state index in [2.05, 4.69) is 12.2 Å². The van der Waals surface area contributed by atoms with Gasteiger partial charge in [-0.05, 0) is 45.1 Å². The van der Waals surface area contributed by atoms with Gasteiger partial charge < -0.3 is 5.32 Å². The zero-order valence-electron chi connectivity index (χ0n) is 6.82. The normalized spacial score (nSPS) is 41.7. The number of nitrogens with one attached hydrogen (secondary N) is 1. The van der Waals surface area contributed by atoms with Gasteiger partial charge in [-0.1, -0.05) is 6.42 Å². The van der Waals surface area contributed by atoms with E-state index in [9.17, 15) is 0 Å². The van der Waals surface area contributed by atoms with Gasteiger partial charge in [-0.25, -0.2) is 0 Å². The Morgan fingerprint density at radius 2 is 2.10 bits per heavy atom. The standard InChI is InChI=1S/C9H17N/c1-9(8-4-5-8)6-2-3-7-10-9/h8,10H,2-7H2,1H3. The van der Waals surface area contributed by atoms with E-state index in [1.807, 2.05) is 0 Å². The van der Waals surface area contributed by atoms with Crippen LogP contribution in [0.4, 0.5) is 0 Å². The molecule has 1 unspecified atom stereocenters. The summed E-state index contributed by atoms with van der Waals surface area (Å²) in [5.41, 5.74) is 0.540. The van der Waals surface area contributed by atoms with E-state index in [-0.39, 0.29) is 0 Å². The molecule has 0 aromatic carbocycles. The van der Waals surface area contributed by atoms with Crippen LogP contribution >= 0.6 is 0 Å². The van der Waals surface area contributed by atoms with Crippen LogP contribution in [0, 0.1) is 5.92 Å². The van der Waals surface area contributed by atoms with Crippen molar-refractivity contribution in [3.63, 3.8) is 0 Å². The quantitative estimate of drug-likeness (QED) is 0.585. The highest BCUT2D eigenvalue weighted by molar-refractivity contribution is 4.99. The molecular weight excluding hydrogens is 122 g/mol. The van der Waals surface area contributed by atoms with Crippen LogP contribution in [0.2, 0.25) is 0 Å². The molecule has 2 rings (SSSR count). The first-order chi connectivity index (χ1) is 4.81. The predicted octanol–water partition coefficient (Wildman–Crippen LogP) is 1.93. The largest absolute Gasteiger partial charge is 0.311 e. The summed E-state index contributed by atoms with van der Waals surface area (Å²) in [7, 11) is 0. The molecule has 1 heterocycles. The second kappa shape index (κ2) is 2.23. The molecule has 1 atom stereocenters. The van der Waals surface area contributed by atoms with Crippen molar-refractivity contribution < 1.29 is 0 Å². The first kappa shape index (κ1) is 6.66. The molecule has 1 saturated carbocycles. The first-order valence-corrected chi connectivity index (χ1v) is 4.56. The number of hydrogen-bond donors (Lipinski definition) is 1. The fourth-order valence-corrected chi connectivity index (χ4v) is 2.15. The van der Waals surface area contributed by atoms with Crippen molar-refractivity contribution in [1.29, 1.82) is 0 Å². The summed E-state index contributed by atoms with van der Waals surface area (Å²) in [5, 5.41) is 3.66. The first-order valence-electron chi connectivity index (χ1n) is 4.56. The molecule has 0 aromatic heterocycles. The molecule has 10 heavy (non-hydrogen) atoms. The molecule has 58 valence electrons. The van der Waals surface area contributed by atoms with Gasteiger partial charge in [0.25, 0.3) is 0 Å². The monoisotopic (exact) mass is 139 g/mol. The van der Waals surface area contributed by atoms with Gasteiger partial charge in [0.2, 0.25) is 0 Å². The van der Waals surface area contributed by atoms with Crippen LogP contribution in [-0.4, -0.2) is 12.1 Å². The minimum atomic E-state index is 0.540. The molecule has 0 radical (unpaired) electrons. The molecule has 0 bridgehead atoms. The Kier molecular flexibility index (Phi) is 1.48. The third-order valence-electron chi connectivity index (χ3n) is 3.13. The fourth-order valence-electron chi connectivity index (χ4n) is 2.15. The summed E-state index contributed by atoms with van der Waals surface area (Å²) in [6.07, 6.45) is 7.20. The second-order valence-electron chi connectivity index (χ2n) is 4.08. The Labute approximate surface area is 63.2 Å². The van der Waals surface area contributed by atoms with Crippen molar-refractivity contribution >= 4 is 0 Å². The van der Waals surface area contributed by atoms with Crippen LogP contribution in [0.1, 0.15) is 39.0 Å². The van der Waals surface area contributed by atoms with E-state index >= 15 is 0 Å². The average Bonchev–Trinajstić information content (AvgIpc) is 2.69. The van der Waals surface area contributed by atoms with Crippen LogP contribution in [0.25, 0.3) is 0 Å². The molecule has 1 nitrogen and oxygen atoms in total. The highest BCUT2D eigenvalue weighted by atomic mass is 15.0. The van der Waals surface area contributed by atoms with Crippen LogP contribution in [-0.2, 0) is 0 Å². The Balaban J connectivity index is 1.97. The van der Waals surface area contributed by atoms with E-state index < -0.39 is 0 Å². The van der Waals surface area contributed by atoms with Crippen molar-refractivity contribution in [1.82, 2.24) is 5.32 Å². The Bertz CT molecular complexity index is 121. The lowest BCUT2D eigenvalue weighted by molar-refractivity contribution is 0.244. The van der Waals surface area contributed by atoms with Gasteiger partial charge in [-0.15, -0.1) is 0 Å². The number of rotatable bonds is 1. The molecule has 0 aromatic rings. The van der Waals surface area contributed by atoms with Crippen LogP contribution in [0.5, 0.6) is 0 Å². The molecule has 2 fully saturated rings. The zero-order chi connectivity index (χ0) is 7.03. The Morgan fingerprint density at radius 1 is 1.30 bits per heavy atom. The lowest BCUT2D eigenvalue weighted by Gasteiger charge is -2.35. The lowest BCUT2D eigenvalue weighted by atomic mass is 9.86. The molecule has 1 heteroatoms. The van der Waals surface area contributed by atoms with Crippen LogP contribution in [0.3, 0.4) is 0 Å². The molecule has 2 aliphatic rings. The lowest BCUT2D eigenvalue weighted by Crippen LogP contribution is -2.47. The van der Waals surface area contributed by atoms with Gasteiger partial charge in [0.15, 0.2) is 0 Å². The van der Waals surface area contributed by atoms with E-state index in [1.54, 1.807) is 0 Å². The van der Waals surface area contributed by atoms with Gasteiger partial charge in [0, 0.05) is 5.54 Å². The van der Waals surface area contributed by atoms with Gasteiger partial charge >= 0.3 is 0 Å². The van der Waals surface area contributed by atoms with E-state index in [0.29, 0.717) is 5.54 Å². The number of piperidine rings is 1. The van der Waals surface area contributed by atoms with Gasteiger partial charge in [0.1, 0.15) is 0 Å². The van der Waals surface area contributed by atoms with E-state index in [4.69, 9.17) is 0 Å². The van der Waals surface area contributed by atoms with Crippen molar-refractivity contribution in [2.24, 2.45) is 5.92 Å². The Morgan fingerprint density at radius 3 is 2.60 bits per heavy atom. The van der Waals surface area contributed by atoms with E-state index in [1.165, 1.54) is 38.6 Å². The van der Waals surface area contributed by atoms with Crippen molar-refractivity contribution in [3.8, 4) is 0 Å². The van der Waals surface area contributed by atoms with Gasteiger partial charge in [0.05, 0.1) is 0 Å². The van der Waals surface area contributed by atoms with Crippen LogP contribution in [0.15, 0.2) is 0 Å². The predicted molar refractivity (Wildman–Crippen MR) is 43.0 cm³/mol. The van der Waals surface area contributed by atoms with Crippen molar-refractivity contribution in [3.05, 3.63) is 0 Å². The number of hydrogen-bond acceptors (Lipinski definition) is 1.